The van der Waals surface area contributed by atoms with Gasteiger partial charge in [-0.3, -0.25) is 0 Å². The van der Waals surface area contributed by atoms with Gasteiger partial charge in [0.1, 0.15) is 11.9 Å². The van der Waals surface area contributed by atoms with Gasteiger partial charge in [0, 0.05) is 5.69 Å². The van der Waals surface area contributed by atoms with E-state index in [1.54, 1.807) is 0 Å². The molecule has 0 heterocycles. The van der Waals surface area contributed by atoms with Gasteiger partial charge in [-0.15, -0.1) is 0 Å². The number of nitrogens with zero attached hydrogens (tertiary/aromatic N) is 1. The van der Waals surface area contributed by atoms with Crippen molar-refractivity contribution in [3.8, 4) is 5.75 Å². The zero-order valence-electron chi connectivity index (χ0n) is 13.3. The highest BCUT2D eigenvalue weighted by Crippen LogP contribution is 2.17. The maximum atomic E-state index is 5.91. The molecule has 2 aromatic rings. The summed E-state index contributed by atoms with van der Waals surface area (Å²) in [7, 11) is 0. The number of ether oxygens (including phenoxy) is 1. The zero-order chi connectivity index (χ0) is 15.9. The molecule has 22 heavy (non-hydrogen) atoms. The number of anilines is 1. The second kappa shape index (κ2) is 7.50. The second-order valence-electron chi connectivity index (χ2n) is 5.41. The zero-order valence-corrected chi connectivity index (χ0v) is 13.3. The minimum absolute atomic E-state index is 0.0426. The van der Waals surface area contributed by atoms with E-state index in [0.29, 0.717) is 12.5 Å². The van der Waals surface area contributed by atoms with Crippen molar-refractivity contribution < 1.29 is 4.74 Å². The third kappa shape index (κ3) is 4.81. The van der Waals surface area contributed by atoms with E-state index in [0.717, 1.165) is 17.0 Å². The lowest BCUT2D eigenvalue weighted by Crippen LogP contribution is -2.25. The van der Waals surface area contributed by atoms with Gasteiger partial charge in [0.25, 0.3) is 0 Å². The number of hydrogen-bond donors (Lipinski definition) is 2. The summed E-state index contributed by atoms with van der Waals surface area (Å²) < 4.78 is 5.87. The average Bonchev–Trinajstić information content (AvgIpc) is 2.48. The third-order valence-electron chi connectivity index (χ3n) is 3.23. The van der Waals surface area contributed by atoms with Crippen LogP contribution in [0.3, 0.4) is 0 Å². The molecule has 1 unspecified atom stereocenters. The summed E-state index contributed by atoms with van der Waals surface area (Å²) >= 11 is 0. The number of rotatable bonds is 5. The molecule has 0 aliphatic heterocycles. The standard InChI is InChI=1S/C18H23N3O/c1-13-7-6-9-16(11-13)21-18(19)20-12-15(3)22-17-10-5-4-8-14(17)2/h4-11,15H,12H2,1-3H3,(H3,19,20,21). The van der Waals surface area contributed by atoms with E-state index in [1.807, 2.05) is 69.3 Å². The summed E-state index contributed by atoms with van der Waals surface area (Å²) in [5.74, 6) is 1.28. The van der Waals surface area contributed by atoms with Crippen LogP contribution in [-0.4, -0.2) is 18.6 Å². The molecule has 2 aromatic carbocycles. The predicted molar refractivity (Wildman–Crippen MR) is 92.6 cm³/mol. The van der Waals surface area contributed by atoms with Crippen molar-refractivity contribution in [3.63, 3.8) is 0 Å². The van der Waals surface area contributed by atoms with Gasteiger partial charge < -0.3 is 15.8 Å². The van der Waals surface area contributed by atoms with Crippen molar-refractivity contribution in [2.75, 3.05) is 11.9 Å². The highest BCUT2D eigenvalue weighted by atomic mass is 16.5. The molecule has 0 saturated carbocycles. The molecule has 4 heteroatoms. The number of benzene rings is 2. The number of guanidine groups is 1. The Hall–Kier alpha value is -2.49. The van der Waals surface area contributed by atoms with Gasteiger partial charge in [0.05, 0.1) is 6.54 Å². The van der Waals surface area contributed by atoms with E-state index < -0.39 is 0 Å². The van der Waals surface area contributed by atoms with E-state index in [4.69, 9.17) is 10.5 Å². The Balaban J connectivity index is 1.89. The Morgan fingerprint density at radius 1 is 1.18 bits per heavy atom. The summed E-state index contributed by atoms with van der Waals surface area (Å²) in [6.45, 7) is 6.55. The van der Waals surface area contributed by atoms with Gasteiger partial charge >= 0.3 is 0 Å². The number of aryl methyl sites for hydroxylation is 2. The quantitative estimate of drug-likeness (QED) is 0.656. The molecule has 0 aliphatic carbocycles. The first kappa shape index (κ1) is 15.9. The molecule has 0 aromatic heterocycles. The highest BCUT2D eigenvalue weighted by Gasteiger charge is 2.05. The van der Waals surface area contributed by atoms with E-state index in [-0.39, 0.29) is 6.10 Å². The second-order valence-corrected chi connectivity index (χ2v) is 5.41. The van der Waals surface area contributed by atoms with Crippen LogP contribution in [0.15, 0.2) is 53.5 Å². The first-order valence-electron chi connectivity index (χ1n) is 7.40. The predicted octanol–water partition coefficient (Wildman–Crippen LogP) is 3.50. The van der Waals surface area contributed by atoms with Crippen molar-refractivity contribution in [1.82, 2.24) is 0 Å². The van der Waals surface area contributed by atoms with Gasteiger partial charge in [-0.25, -0.2) is 4.99 Å². The molecule has 2 rings (SSSR count). The minimum atomic E-state index is -0.0426. The topological polar surface area (TPSA) is 59.6 Å². The molecule has 4 nitrogen and oxygen atoms in total. The molecular weight excluding hydrogens is 274 g/mol. The molecule has 0 amide bonds. The molecule has 116 valence electrons. The van der Waals surface area contributed by atoms with Gasteiger partial charge in [0.15, 0.2) is 5.96 Å². The van der Waals surface area contributed by atoms with E-state index in [2.05, 4.69) is 10.3 Å². The Labute approximate surface area is 132 Å². The summed E-state index contributed by atoms with van der Waals surface area (Å²) in [5, 5.41) is 3.09. The van der Waals surface area contributed by atoms with Gasteiger partial charge in [-0.05, 0) is 50.1 Å². The van der Waals surface area contributed by atoms with Crippen molar-refractivity contribution in [1.29, 1.82) is 0 Å². The first-order valence-corrected chi connectivity index (χ1v) is 7.40. The number of para-hydroxylation sites is 1. The normalized spacial score (nSPS) is 12.8. The summed E-state index contributed by atoms with van der Waals surface area (Å²) in [4.78, 5) is 4.33. The number of nitrogens with one attached hydrogen (secondary N) is 1. The lowest BCUT2D eigenvalue weighted by molar-refractivity contribution is 0.229. The van der Waals surface area contributed by atoms with Crippen LogP contribution in [0.5, 0.6) is 5.75 Å². The van der Waals surface area contributed by atoms with Gasteiger partial charge in [-0.1, -0.05) is 30.3 Å². The molecule has 0 spiro atoms. The van der Waals surface area contributed by atoms with Crippen molar-refractivity contribution in [2.45, 2.75) is 26.9 Å². The van der Waals surface area contributed by atoms with Crippen LogP contribution in [0.25, 0.3) is 0 Å². The average molecular weight is 297 g/mol. The summed E-state index contributed by atoms with van der Waals surface area (Å²) in [6, 6.07) is 16.0. The molecule has 1 atom stereocenters. The monoisotopic (exact) mass is 297 g/mol. The Morgan fingerprint density at radius 3 is 2.68 bits per heavy atom. The van der Waals surface area contributed by atoms with Crippen LogP contribution in [0, 0.1) is 13.8 Å². The number of hydrogen-bond acceptors (Lipinski definition) is 2. The van der Waals surface area contributed by atoms with Crippen LogP contribution in [0.1, 0.15) is 18.1 Å². The van der Waals surface area contributed by atoms with Crippen LogP contribution in [-0.2, 0) is 0 Å². The molecule has 0 saturated heterocycles. The van der Waals surface area contributed by atoms with Gasteiger partial charge in [-0.2, -0.15) is 0 Å². The summed E-state index contributed by atoms with van der Waals surface area (Å²) in [5.41, 5.74) is 9.14. The van der Waals surface area contributed by atoms with Crippen LogP contribution in [0.4, 0.5) is 5.69 Å². The first-order chi connectivity index (χ1) is 10.5. The molecule has 0 fully saturated rings. The van der Waals surface area contributed by atoms with Gasteiger partial charge in [0.2, 0.25) is 0 Å². The highest BCUT2D eigenvalue weighted by molar-refractivity contribution is 5.92. The Bertz CT molecular complexity index is 652. The molecule has 3 N–H and O–H groups in total. The van der Waals surface area contributed by atoms with Crippen molar-refractivity contribution >= 4 is 11.6 Å². The van der Waals surface area contributed by atoms with Crippen molar-refractivity contribution in [3.05, 3.63) is 59.7 Å². The van der Waals surface area contributed by atoms with Crippen LogP contribution < -0.4 is 15.8 Å². The van der Waals surface area contributed by atoms with Crippen molar-refractivity contribution in [2.24, 2.45) is 10.7 Å². The SMILES string of the molecule is Cc1cccc(NC(N)=NCC(C)Oc2ccccc2C)c1. The Morgan fingerprint density at radius 2 is 1.95 bits per heavy atom. The molecular formula is C18H23N3O. The fraction of sp³-hybridized carbons (Fsp3) is 0.278. The van der Waals surface area contributed by atoms with Crippen LogP contribution >= 0.6 is 0 Å². The molecule has 0 radical (unpaired) electrons. The Kier molecular flexibility index (Phi) is 5.42. The lowest BCUT2D eigenvalue weighted by Gasteiger charge is -2.15. The largest absolute Gasteiger partial charge is 0.489 e. The van der Waals surface area contributed by atoms with E-state index in [1.165, 1.54) is 5.56 Å². The fourth-order valence-electron chi connectivity index (χ4n) is 2.08. The molecule has 0 aliphatic rings. The molecule has 0 bridgehead atoms. The third-order valence-corrected chi connectivity index (χ3v) is 3.23. The maximum Gasteiger partial charge on any atom is 0.193 e. The van der Waals surface area contributed by atoms with Crippen LogP contribution in [0.2, 0.25) is 0 Å². The smallest absolute Gasteiger partial charge is 0.193 e. The lowest BCUT2D eigenvalue weighted by atomic mass is 10.2. The number of nitrogens with two attached hydrogens (primary N) is 1. The maximum absolute atomic E-state index is 5.91. The summed E-state index contributed by atoms with van der Waals surface area (Å²) in [6.07, 6.45) is -0.0426. The minimum Gasteiger partial charge on any atom is -0.489 e. The number of aliphatic imine (C=N–C) groups is 1. The van der Waals surface area contributed by atoms with E-state index in [9.17, 15) is 0 Å². The van der Waals surface area contributed by atoms with E-state index >= 15 is 0 Å². The fourth-order valence-corrected chi connectivity index (χ4v) is 2.08.